The lowest BCUT2D eigenvalue weighted by atomic mass is 9.89. The minimum atomic E-state index is -0.422. The lowest BCUT2D eigenvalue weighted by molar-refractivity contribution is 0.500. The largest absolute Gasteiger partial charge is 0.332 e. The Morgan fingerprint density at radius 3 is 2.73 bits per heavy atom. The van der Waals surface area contributed by atoms with Crippen LogP contribution < -0.4 is 16.7 Å². The lowest BCUT2D eigenvalue weighted by Gasteiger charge is -2.19. The summed E-state index contributed by atoms with van der Waals surface area (Å²) >= 11 is 6.37. The van der Waals surface area contributed by atoms with Crippen LogP contribution in [-0.4, -0.2) is 24.4 Å². The summed E-state index contributed by atoms with van der Waals surface area (Å²) in [6, 6.07) is 7.46. The number of aryl methyl sites for hydroxylation is 1. The van der Waals surface area contributed by atoms with Gasteiger partial charge in [-0.2, -0.15) is 10.1 Å². The molecule has 1 aliphatic rings. The summed E-state index contributed by atoms with van der Waals surface area (Å²) in [6.07, 6.45) is 4.22. The van der Waals surface area contributed by atoms with Crippen LogP contribution in [0, 0.1) is 5.92 Å². The third-order valence-corrected chi connectivity index (χ3v) is 6.06. The summed E-state index contributed by atoms with van der Waals surface area (Å²) in [5, 5.41) is 5.18. The topological polar surface area (TPSA) is 86.2 Å². The van der Waals surface area contributed by atoms with Gasteiger partial charge in [0.25, 0.3) is 5.56 Å². The van der Waals surface area contributed by atoms with Crippen molar-refractivity contribution in [2.45, 2.75) is 39.2 Å². The number of hydrogen-bond acceptors (Lipinski definition) is 5. The Balaban J connectivity index is 1.86. The summed E-state index contributed by atoms with van der Waals surface area (Å²) in [7, 11) is 3.07. The molecule has 0 amide bonds. The number of hydrazone groups is 1. The van der Waals surface area contributed by atoms with Gasteiger partial charge >= 0.3 is 5.69 Å². The maximum Gasteiger partial charge on any atom is 0.332 e. The highest BCUT2D eigenvalue weighted by Crippen LogP contribution is 2.24. The van der Waals surface area contributed by atoms with Crippen LogP contribution in [0.2, 0.25) is 5.02 Å². The minimum Gasteiger partial charge on any atom is -0.298 e. The number of nitrogens with one attached hydrogen (secondary N) is 1. The Kier molecular flexibility index (Phi) is 5.51. The molecule has 2 heterocycles. The number of anilines is 1. The van der Waals surface area contributed by atoms with Crippen LogP contribution in [0.4, 0.5) is 5.95 Å². The average Bonchev–Trinajstić information content (AvgIpc) is 3.09. The van der Waals surface area contributed by atoms with Crippen molar-refractivity contribution >= 4 is 34.4 Å². The maximum absolute atomic E-state index is 13.0. The predicted octanol–water partition coefficient (Wildman–Crippen LogP) is 3.11. The molecule has 1 aliphatic carbocycles. The van der Waals surface area contributed by atoms with Gasteiger partial charge in [0.2, 0.25) is 5.95 Å². The van der Waals surface area contributed by atoms with Gasteiger partial charge in [-0.15, -0.1) is 0 Å². The minimum absolute atomic E-state index is 0.315. The van der Waals surface area contributed by atoms with Gasteiger partial charge in [-0.3, -0.25) is 18.5 Å². The van der Waals surface area contributed by atoms with Crippen molar-refractivity contribution in [2.24, 2.45) is 25.1 Å². The second kappa shape index (κ2) is 8.10. The Bertz CT molecular complexity index is 1250. The number of hydrogen-bond donors (Lipinski definition) is 1. The van der Waals surface area contributed by atoms with E-state index in [4.69, 9.17) is 11.6 Å². The van der Waals surface area contributed by atoms with E-state index >= 15 is 0 Å². The first-order chi connectivity index (χ1) is 14.4. The molecule has 1 atom stereocenters. The van der Waals surface area contributed by atoms with Crippen LogP contribution >= 0.6 is 11.6 Å². The Labute approximate surface area is 178 Å². The van der Waals surface area contributed by atoms with E-state index < -0.39 is 11.2 Å². The fraction of sp³-hybridized carbons (Fsp3) is 0.429. The monoisotopic (exact) mass is 428 g/mol. The molecule has 1 aromatic carbocycles. The van der Waals surface area contributed by atoms with Crippen LogP contribution in [0.5, 0.6) is 0 Å². The summed E-state index contributed by atoms with van der Waals surface area (Å²) in [4.78, 5) is 29.9. The van der Waals surface area contributed by atoms with Crippen LogP contribution in [0.25, 0.3) is 11.2 Å². The van der Waals surface area contributed by atoms with Gasteiger partial charge < -0.3 is 0 Å². The molecule has 1 N–H and O–H groups in total. The van der Waals surface area contributed by atoms with Crippen molar-refractivity contribution in [3.63, 3.8) is 0 Å². The molecule has 158 valence electrons. The molecule has 8 nitrogen and oxygen atoms in total. The molecule has 30 heavy (non-hydrogen) atoms. The maximum atomic E-state index is 13.0. The van der Waals surface area contributed by atoms with Crippen LogP contribution in [0.1, 0.15) is 38.2 Å². The average molecular weight is 429 g/mol. The van der Waals surface area contributed by atoms with E-state index in [2.05, 4.69) is 22.4 Å². The quantitative estimate of drug-likeness (QED) is 0.647. The fourth-order valence-corrected chi connectivity index (χ4v) is 4.17. The number of nitrogens with zero attached hydrogens (tertiary/aromatic N) is 5. The normalized spacial score (nSPS) is 18.3. The predicted molar refractivity (Wildman–Crippen MR) is 119 cm³/mol. The smallest absolute Gasteiger partial charge is 0.298 e. The first-order valence-corrected chi connectivity index (χ1v) is 10.5. The summed E-state index contributed by atoms with van der Waals surface area (Å²) in [5.74, 6) is 1.02. The highest BCUT2D eigenvalue weighted by Gasteiger charge is 2.20. The van der Waals surface area contributed by atoms with Crippen molar-refractivity contribution in [1.82, 2.24) is 18.7 Å². The van der Waals surface area contributed by atoms with Gasteiger partial charge in [-0.05, 0) is 43.2 Å². The van der Waals surface area contributed by atoms with Crippen LogP contribution in [0.3, 0.4) is 0 Å². The van der Waals surface area contributed by atoms with E-state index in [1.165, 1.54) is 18.0 Å². The zero-order chi connectivity index (χ0) is 21.4. The standard InChI is InChI=1S/C21H25ClN6O2/c1-13-7-6-9-15(11-13)24-25-20-23-18-17(19(29)27(3)21(30)26(18)2)28(20)12-14-8-4-5-10-16(14)22/h4-5,8,10,13H,6-7,9,11-12H2,1-3H3,(H,23,25). The van der Waals surface area contributed by atoms with E-state index in [-0.39, 0.29) is 0 Å². The molecule has 1 fully saturated rings. The lowest BCUT2D eigenvalue weighted by Crippen LogP contribution is -2.37. The first kappa shape index (κ1) is 20.4. The molecule has 0 bridgehead atoms. The third kappa shape index (κ3) is 3.67. The Morgan fingerprint density at radius 1 is 1.23 bits per heavy atom. The number of fused-ring (bicyclic) bond motifs is 1. The van der Waals surface area contributed by atoms with Gasteiger partial charge in [0.15, 0.2) is 11.2 Å². The Hall–Kier alpha value is -2.87. The van der Waals surface area contributed by atoms with E-state index in [0.29, 0.717) is 34.6 Å². The summed E-state index contributed by atoms with van der Waals surface area (Å²) in [5.41, 5.74) is 4.81. The van der Waals surface area contributed by atoms with Crippen molar-refractivity contribution in [3.8, 4) is 0 Å². The molecule has 0 aliphatic heterocycles. The molecule has 0 spiro atoms. The molecular weight excluding hydrogens is 404 g/mol. The first-order valence-electron chi connectivity index (χ1n) is 10.1. The number of benzene rings is 1. The molecule has 1 unspecified atom stereocenters. The third-order valence-electron chi connectivity index (χ3n) is 5.69. The number of imidazole rings is 1. The van der Waals surface area contributed by atoms with Gasteiger partial charge in [-0.1, -0.05) is 36.7 Å². The molecule has 2 aromatic heterocycles. The van der Waals surface area contributed by atoms with Crippen molar-refractivity contribution in [1.29, 1.82) is 0 Å². The molecule has 9 heteroatoms. The molecule has 0 radical (unpaired) electrons. The van der Waals surface area contributed by atoms with Crippen molar-refractivity contribution < 1.29 is 0 Å². The number of halogens is 1. The van der Waals surface area contributed by atoms with Crippen molar-refractivity contribution in [3.05, 3.63) is 55.7 Å². The Morgan fingerprint density at radius 2 is 2.00 bits per heavy atom. The fourth-order valence-electron chi connectivity index (χ4n) is 3.97. The van der Waals surface area contributed by atoms with E-state index in [1.807, 2.05) is 18.2 Å². The van der Waals surface area contributed by atoms with Gasteiger partial charge in [0.05, 0.1) is 6.54 Å². The molecule has 1 saturated carbocycles. The molecule has 3 aromatic rings. The number of aromatic nitrogens is 4. The molecular formula is C21H25ClN6O2. The van der Waals surface area contributed by atoms with Gasteiger partial charge in [0.1, 0.15) is 0 Å². The highest BCUT2D eigenvalue weighted by atomic mass is 35.5. The van der Waals surface area contributed by atoms with Crippen molar-refractivity contribution in [2.75, 3.05) is 5.43 Å². The summed E-state index contributed by atoms with van der Waals surface area (Å²) < 4.78 is 4.21. The number of rotatable bonds is 4. The molecule has 4 rings (SSSR count). The second-order valence-corrected chi connectivity index (χ2v) is 8.39. The zero-order valence-corrected chi connectivity index (χ0v) is 18.1. The van der Waals surface area contributed by atoms with Crippen LogP contribution in [-0.2, 0) is 20.6 Å². The second-order valence-electron chi connectivity index (χ2n) is 7.98. The van der Waals surface area contributed by atoms with Gasteiger partial charge in [0, 0.05) is 24.8 Å². The molecule has 0 saturated heterocycles. The van der Waals surface area contributed by atoms with E-state index in [1.54, 1.807) is 17.7 Å². The van der Waals surface area contributed by atoms with Crippen LogP contribution in [0.15, 0.2) is 39.0 Å². The van der Waals surface area contributed by atoms with E-state index in [9.17, 15) is 9.59 Å². The summed E-state index contributed by atoms with van der Waals surface area (Å²) in [6.45, 7) is 2.55. The van der Waals surface area contributed by atoms with Gasteiger partial charge in [-0.25, -0.2) is 10.2 Å². The zero-order valence-electron chi connectivity index (χ0n) is 17.4. The van der Waals surface area contributed by atoms with E-state index in [0.717, 1.165) is 35.1 Å². The highest BCUT2D eigenvalue weighted by molar-refractivity contribution is 6.31. The SMILES string of the molecule is CC1CCCC(=NNc2nc3c(c(=O)n(C)c(=O)n3C)n2Cc2ccccc2Cl)C1.